The zero-order valence-electron chi connectivity index (χ0n) is 19.7. The van der Waals surface area contributed by atoms with Crippen LogP contribution in [0.25, 0.3) is 0 Å². The minimum atomic E-state index is -3.31. The molecule has 1 heterocycles. The summed E-state index contributed by atoms with van der Waals surface area (Å²) in [6, 6.07) is 7.64. The van der Waals surface area contributed by atoms with E-state index < -0.39 is 18.1 Å². The molecule has 2 aliphatic rings. The summed E-state index contributed by atoms with van der Waals surface area (Å²) >= 11 is 0. The van der Waals surface area contributed by atoms with Crippen molar-refractivity contribution in [3.63, 3.8) is 0 Å². The fraction of sp³-hybridized carbons (Fsp3) is 0.423. The number of carbonyl (C=O) groups excluding carboxylic acids is 1. The molecule has 9 heteroatoms. The zero-order chi connectivity index (χ0) is 25.0. The molecule has 1 atom stereocenters. The molecular weight excluding hydrogens is 456 g/mol. The number of benzene rings is 2. The van der Waals surface area contributed by atoms with Crippen LogP contribution in [0, 0.1) is 11.8 Å². The molecule has 0 radical (unpaired) electrons. The van der Waals surface area contributed by atoms with Crippen molar-refractivity contribution >= 4 is 17.3 Å². The Morgan fingerprint density at radius 1 is 1.29 bits per heavy atom. The van der Waals surface area contributed by atoms with Crippen LogP contribution in [-0.4, -0.2) is 43.4 Å². The summed E-state index contributed by atoms with van der Waals surface area (Å²) in [4.78, 5) is 13.0. The number of ether oxygens (including phenoxy) is 2. The van der Waals surface area contributed by atoms with E-state index in [-0.39, 0.29) is 24.0 Å². The van der Waals surface area contributed by atoms with E-state index in [0.717, 1.165) is 31.2 Å². The molecule has 0 bridgehead atoms. The van der Waals surface area contributed by atoms with Crippen LogP contribution < -0.4 is 25.4 Å². The van der Waals surface area contributed by atoms with Crippen LogP contribution in [0.4, 0.5) is 20.2 Å². The van der Waals surface area contributed by atoms with Gasteiger partial charge in [-0.2, -0.15) is 8.78 Å². The van der Waals surface area contributed by atoms with Gasteiger partial charge in [0.15, 0.2) is 6.10 Å². The Labute approximate surface area is 203 Å². The minimum Gasteiger partial charge on any atom is -0.508 e. The van der Waals surface area contributed by atoms with Crippen LogP contribution in [0.15, 0.2) is 30.3 Å². The van der Waals surface area contributed by atoms with Gasteiger partial charge >= 0.3 is 6.11 Å². The van der Waals surface area contributed by atoms with Crippen LogP contribution in [0.2, 0.25) is 0 Å². The maximum atomic E-state index is 13.1. The normalized spacial score (nSPS) is 17.4. The lowest BCUT2D eigenvalue weighted by Crippen LogP contribution is -2.41. The SMILES string of the molecule is CNCC#Cc1cc(C2CCCC2)c(O)cc1NC(=O)C1CNc2cc(OC(C)(F)F)ccc2O1. The molecule has 0 aromatic heterocycles. The Balaban J connectivity index is 1.51. The molecule has 1 fully saturated rings. The van der Waals surface area contributed by atoms with E-state index in [1.807, 2.05) is 6.07 Å². The molecule has 1 amide bonds. The van der Waals surface area contributed by atoms with Gasteiger partial charge in [-0.05, 0) is 49.6 Å². The lowest BCUT2D eigenvalue weighted by molar-refractivity contribution is -0.158. The van der Waals surface area contributed by atoms with Gasteiger partial charge in [0.1, 0.15) is 17.2 Å². The number of phenols is 1. The maximum absolute atomic E-state index is 13.1. The van der Waals surface area contributed by atoms with Gasteiger partial charge in [-0.15, -0.1) is 0 Å². The average Bonchev–Trinajstić information content (AvgIpc) is 3.33. The molecule has 186 valence electrons. The summed E-state index contributed by atoms with van der Waals surface area (Å²) < 4.78 is 36.6. The predicted molar refractivity (Wildman–Crippen MR) is 129 cm³/mol. The molecule has 35 heavy (non-hydrogen) atoms. The average molecular weight is 486 g/mol. The highest BCUT2D eigenvalue weighted by Gasteiger charge is 2.29. The molecule has 0 saturated heterocycles. The van der Waals surface area contributed by atoms with Crippen LogP contribution >= 0.6 is 0 Å². The number of fused-ring (bicyclic) bond motifs is 1. The molecule has 7 nitrogen and oxygen atoms in total. The predicted octanol–water partition coefficient (Wildman–Crippen LogP) is 4.42. The summed E-state index contributed by atoms with van der Waals surface area (Å²) in [5.74, 6) is 6.43. The number of hydrogen-bond acceptors (Lipinski definition) is 6. The fourth-order valence-corrected chi connectivity index (χ4v) is 4.38. The van der Waals surface area contributed by atoms with Gasteiger partial charge in [0.2, 0.25) is 0 Å². The Morgan fingerprint density at radius 3 is 2.77 bits per heavy atom. The Bertz CT molecular complexity index is 1150. The lowest BCUT2D eigenvalue weighted by Gasteiger charge is -2.27. The third kappa shape index (κ3) is 6.14. The van der Waals surface area contributed by atoms with Crippen molar-refractivity contribution in [1.82, 2.24) is 5.32 Å². The van der Waals surface area contributed by atoms with E-state index in [0.29, 0.717) is 36.2 Å². The van der Waals surface area contributed by atoms with Gasteiger partial charge in [0.05, 0.1) is 24.5 Å². The van der Waals surface area contributed by atoms with Crippen LogP contribution in [0.3, 0.4) is 0 Å². The summed E-state index contributed by atoms with van der Waals surface area (Å²) in [5, 5.41) is 19.5. The Kier molecular flexibility index (Phi) is 7.31. The van der Waals surface area contributed by atoms with E-state index in [1.54, 1.807) is 13.1 Å². The number of hydrogen-bond donors (Lipinski definition) is 4. The van der Waals surface area contributed by atoms with E-state index >= 15 is 0 Å². The second-order valence-corrected chi connectivity index (χ2v) is 8.81. The molecule has 2 aromatic rings. The van der Waals surface area contributed by atoms with Gasteiger partial charge in [0.25, 0.3) is 5.91 Å². The van der Waals surface area contributed by atoms with Crippen LogP contribution in [0.5, 0.6) is 17.2 Å². The number of phenolic OH excluding ortho intramolecular Hbond substituents is 1. The summed E-state index contributed by atoms with van der Waals surface area (Å²) in [6.45, 7) is 1.26. The molecule has 4 N–H and O–H groups in total. The van der Waals surface area contributed by atoms with Crippen molar-refractivity contribution in [2.45, 2.75) is 50.7 Å². The molecular formula is C26H29F2N3O4. The molecule has 1 aliphatic heterocycles. The lowest BCUT2D eigenvalue weighted by atomic mass is 9.94. The first-order chi connectivity index (χ1) is 16.7. The molecule has 1 unspecified atom stereocenters. The monoisotopic (exact) mass is 485 g/mol. The third-order valence-electron chi connectivity index (χ3n) is 6.00. The van der Waals surface area contributed by atoms with Crippen LogP contribution in [0.1, 0.15) is 49.7 Å². The number of aromatic hydroxyl groups is 1. The van der Waals surface area contributed by atoms with Crippen molar-refractivity contribution in [2.24, 2.45) is 0 Å². The van der Waals surface area contributed by atoms with Gasteiger partial charge < -0.3 is 30.5 Å². The highest BCUT2D eigenvalue weighted by molar-refractivity contribution is 5.96. The van der Waals surface area contributed by atoms with E-state index in [4.69, 9.17) is 4.74 Å². The highest BCUT2D eigenvalue weighted by atomic mass is 19.3. The van der Waals surface area contributed by atoms with Gasteiger partial charge in [-0.3, -0.25) is 4.79 Å². The van der Waals surface area contributed by atoms with Gasteiger partial charge in [0, 0.05) is 24.6 Å². The number of anilines is 2. The van der Waals surface area contributed by atoms with Crippen LogP contribution in [-0.2, 0) is 4.79 Å². The number of halogens is 2. The van der Waals surface area contributed by atoms with Crippen molar-refractivity contribution < 1.29 is 28.2 Å². The number of nitrogens with one attached hydrogen (secondary N) is 3. The largest absolute Gasteiger partial charge is 0.508 e. The third-order valence-corrected chi connectivity index (χ3v) is 6.00. The van der Waals surface area contributed by atoms with Crippen molar-refractivity contribution in [1.29, 1.82) is 0 Å². The van der Waals surface area contributed by atoms with Gasteiger partial charge in [-0.25, -0.2) is 0 Å². The van der Waals surface area contributed by atoms with E-state index in [1.165, 1.54) is 18.2 Å². The molecule has 1 saturated carbocycles. The minimum absolute atomic E-state index is 0.0159. The fourth-order valence-electron chi connectivity index (χ4n) is 4.38. The zero-order valence-corrected chi connectivity index (χ0v) is 19.7. The van der Waals surface area contributed by atoms with E-state index in [2.05, 4.69) is 32.5 Å². The standard InChI is InChI=1S/C26H29F2N3O4/c1-26(27,28)35-18-9-10-23-21(13-18)30-15-24(34-23)25(33)31-20-14-22(32)19(16-6-3-4-7-16)12-17(20)8-5-11-29-2/h9-10,12-14,16,24,29-30,32H,3-4,6-7,11,15H2,1-2H3,(H,31,33). The second kappa shape index (κ2) is 10.4. The topological polar surface area (TPSA) is 91.9 Å². The van der Waals surface area contributed by atoms with E-state index in [9.17, 15) is 18.7 Å². The number of amides is 1. The first-order valence-corrected chi connectivity index (χ1v) is 11.7. The molecule has 0 spiro atoms. The summed E-state index contributed by atoms with van der Waals surface area (Å²) in [6.07, 6.45) is 0.116. The summed E-state index contributed by atoms with van der Waals surface area (Å²) in [7, 11) is 1.80. The summed E-state index contributed by atoms with van der Waals surface area (Å²) in [5.41, 5.74) is 2.34. The van der Waals surface area contributed by atoms with Crippen molar-refractivity contribution in [3.8, 4) is 29.1 Å². The first-order valence-electron chi connectivity index (χ1n) is 11.7. The first kappa shape index (κ1) is 24.6. The smallest absolute Gasteiger partial charge is 0.394 e. The number of carbonyl (C=O) groups is 1. The highest BCUT2D eigenvalue weighted by Crippen LogP contribution is 2.41. The van der Waals surface area contributed by atoms with Gasteiger partial charge in [-0.1, -0.05) is 24.7 Å². The van der Waals surface area contributed by atoms with Crippen molar-refractivity contribution in [3.05, 3.63) is 41.5 Å². The quantitative estimate of drug-likeness (QED) is 0.453. The molecule has 4 rings (SSSR count). The second-order valence-electron chi connectivity index (χ2n) is 8.81. The number of rotatable bonds is 6. The van der Waals surface area contributed by atoms with Crippen molar-refractivity contribution in [2.75, 3.05) is 30.8 Å². The molecule has 1 aliphatic carbocycles. The Hall–Kier alpha value is -3.51. The maximum Gasteiger partial charge on any atom is 0.394 e. The Morgan fingerprint density at radius 2 is 2.06 bits per heavy atom. The number of alkyl halides is 2. The molecule has 2 aromatic carbocycles.